The molecule has 1 aliphatic carbocycles. The van der Waals surface area contributed by atoms with Gasteiger partial charge in [0.05, 0.1) is 5.02 Å². The molecule has 20 heavy (non-hydrogen) atoms. The van der Waals surface area contributed by atoms with E-state index in [0.717, 1.165) is 24.9 Å². The summed E-state index contributed by atoms with van der Waals surface area (Å²) in [5.74, 6) is 1.11. The van der Waals surface area contributed by atoms with Gasteiger partial charge in [0.15, 0.2) is 6.61 Å². The van der Waals surface area contributed by atoms with Crippen molar-refractivity contribution in [1.82, 2.24) is 4.90 Å². The fourth-order valence-corrected chi connectivity index (χ4v) is 2.35. The monoisotopic (exact) mass is 295 g/mol. The van der Waals surface area contributed by atoms with Crippen molar-refractivity contribution in [3.63, 3.8) is 0 Å². The van der Waals surface area contributed by atoms with Gasteiger partial charge in [-0.1, -0.05) is 31.5 Å². The highest BCUT2D eigenvalue weighted by Crippen LogP contribution is 2.29. The summed E-state index contributed by atoms with van der Waals surface area (Å²) in [5, 5.41) is 0.547. The smallest absolute Gasteiger partial charge is 0.260 e. The Hall–Kier alpha value is -1.22. The molecule has 0 aromatic heterocycles. The first-order chi connectivity index (χ1) is 9.47. The Bertz CT molecular complexity index is 483. The molecule has 1 aromatic rings. The molecule has 1 aliphatic rings. The van der Waals surface area contributed by atoms with Crippen LogP contribution in [0.3, 0.4) is 0 Å². The second kappa shape index (κ2) is 6.49. The topological polar surface area (TPSA) is 29.5 Å². The number of ether oxygens (including phenoxy) is 1. The molecular formula is C16H22ClNO2. The molecule has 1 saturated carbocycles. The number of nitrogens with zero attached hydrogens (tertiary/aromatic N) is 1. The lowest BCUT2D eigenvalue weighted by molar-refractivity contribution is -0.134. The van der Waals surface area contributed by atoms with E-state index in [-0.39, 0.29) is 12.5 Å². The minimum absolute atomic E-state index is 0.0544. The largest absolute Gasteiger partial charge is 0.482 e. The lowest BCUT2D eigenvalue weighted by Crippen LogP contribution is -2.39. The Kier molecular flexibility index (Phi) is 4.92. The molecule has 1 aromatic carbocycles. The maximum absolute atomic E-state index is 12.3. The van der Waals surface area contributed by atoms with E-state index in [4.69, 9.17) is 16.3 Å². The van der Waals surface area contributed by atoms with Gasteiger partial charge < -0.3 is 9.64 Å². The van der Waals surface area contributed by atoms with E-state index in [2.05, 4.69) is 13.8 Å². The van der Waals surface area contributed by atoms with Crippen LogP contribution in [0, 0.1) is 12.8 Å². The Morgan fingerprint density at radius 1 is 1.45 bits per heavy atom. The molecule has 3 nitrogen and oxygen atoms in total. The Labute approximate surface area is 125 Å². The molecule has 1 amide bonds. The Balaban J connectivity index is 1.94. The fourth-order valence-electron chi connectivity index (χ4n) is 2.18. The van der Waals surface area contributed by atoms with Crippen LogP contribution < -0.4 is 4.74 Å². The van der Waals surface area contributed by atoms with Crippen molar-refractivity contribution in [2.45, 2.75) is 39.7 Å². The molecule has 4 heteroatoms. The number of carbonyl (C=O) groups excluding carboxylic acids is 1. The van der Waals surface area contributed by atoms with Crippen molar-refractivity contribution in [2.24, 2.45) is 5.92 Å². The number of halogens is 1. The van der Waals surface area contributed by atoms with E-state index in [1.54, 1.807) is 6.07 Å². The third kappa shape index (κ3) is 4.14. The van der Waals surface area contributed by atoms with Crippen LogP contribution in [0.2, 0.25) is 5.02 Å². The predicted octanol–water partition coefficient (Wildman–Crippen LogP) is 3.67. The van der Waals surface area contributed by atoms with Gasteiger partial charge in [-0.2, -0.15) is 0 Å². The van der Waals surface area contributed by atoms with Crippen LogP contribution in [0.5, 0.6) is 5.75 Å². The van der Waals surface area contributed by atoms with E-state index in [9.17, 15) is 4.79 Å². The van der Waals surface area contributed by atoms with Crippen LogP contribution in [0.4, 0.5) is 0 Å². The number of aryl methyl sites for hydroxylation is 1. The summed E-state index contributed by atoms with van der Waals surface area (Å²) in [7, 11) is 0. The molecular weight excluding hydrogens is 274 g/mol. The molecule has 2 rings (SSSR count). The van der Waals surface area contributed by atoms with Crippen molar-refractivity contribution in [1.29, 1.82) is 0 Å². The molecule has 0 saturated heterocycles. The third-order valence-electron chi connectivity index (χ3n) is 3.31. The van der Waals surface area contributed by atoms with Crippen LogP contribution >= 0.6 is 11.6 Å². The van der Waals surface area contributed by atoms with Gasteiger partial charge >= 0.3 is 0 Å². The van der Waals surface area contributed by atoms with E-state index >= 15 is 0 Å². The van der Waals surface area contributed by atoms with E-state index < -0.39 is 0 Å². The quantitative estimate of drug-likeness (QED) is 0.801. The predicted molar refractivity (Wildman–Crippen MR) is 81.3 cm³/mol. The summed E-state index contributed by atoms with van der Waals surface area (Å²) in [6.07, 6.45) is 2.23. The summed E-state index contributed by atoms with van der Waals surface area (Å²) in [5.41, 5.74) is 1.07. The van der Waals surface area contributed by atoms with E-state index in [1.807, 2.05) is 24.0 Å². The SMILES string of the molecule is Cc1ccc(Cl)c(OCC(=O)N(CC(C)C)C2CC2)c1. The van der Waals surface area contributed by atoms with Gasteiger partial charge in [-0.3, -0.25) is 4.79 Å². The van der Waals surface area contributed by atoms with Crippen LogP contribution in [0.15, 0.2) is 18.2 Å². The van der Waals surface area contributed by atoms with Crippen LogP contribution in [-0.4, -0.2) is 30.0 Å². The van der Waals surface area contributed by atoms with Crippen molar-refractivity contribution >= 4 is 17.5 Å². The van der Waals surface area contributed by atoms with Crippen molar-refractivity contribution in [2.75, 3.05) is 13.2 Å². The lowest BCUT2D eigenvalue weighted by atomic mass is 10.2. The first kappa shape index (κ1) is 15.2. The average molecular weight is 296 g/mol. The molecule has 0 N–H and O–H groups in total. The minimum Gasteiger partial charge on any atom is -0.482 e. The van der Waals surface area contributed by atoms with Crippen molar-refractivity contribution in [3.05, 3.63) is 28.8 Å². The van der Waals surface area contributed by atoms with Gasteiger partial charge in [0.25, 0.3) is 5.91 Å². The first-order valence-electron chi connectivity index (χ1n) is 7.15. The molecule has 0 radical (unpaired) electrons. The number of hydrogen-bond donors (Lipinski definition) is 0. The highest BCUT2D eigenvalue weighted by molar-refractivity contribution is 6.32. The van der Waals surface area contributed by atoms with Crippen LogP contribution in [0.25, 0.3) is 0 Å². The van der Waals surface area contributed by atoms with Gasteiger partial charge in [0.2, 0.25) is 0 Å². The zero-order chi connectivity index (χ0) is 14.7. The molecule has 0 spiro atoms. The van der Waals surface area contributed by atoms with Gasteiger partial charge in [-0.25, -0.2) is 0 Å². The maximum atomic E-state index is 12.3. The highest BCUT2D eigenvalue weighted by atomic mass is 35.5. The zero-order valence-corrected chi connectivity index (χ0v) is 13.1. The number of amides is 1. The van der Waals surface area contributed by atoms with Gasteiger partial charge in [0.1, 0.15) is 5.75 Å². The summed E-state index contributed by atoms with van der Waals surface area (Å²) in [4.78, 5) is 14.2. The number of benzene rings is 1. The van der Waals surface area contributed by atoms with Gasteiger partial charge in [-0.15, -0.1) is 0 Å². The second-order valence-corrected chi connectivity index (χ2v) is 6.30. The highest BCUT2D eigenvalue weighted by Gasteiger charge is 2.32. The molecule has 0 heterocycles. The number of hydrogen-bond acceptors (Lipinski definition) is 2. The fraction of sp³-hybridized carbons (Fsp3) is 0.562. The molecule has 0 unspecified atom stereocenters. The number of carbonyl (C=O) groups is 1. The van der Waals surface area contributed by atoms with Crippen LogP contribution in [-0.2, 0) is 4.79 Å². The van der Waals surface area contributed by atoms with Gasteiger partial charge in [0, 0.05) is 12.6 Å². The van der Waals surface area contributed by atoms with Crippen LogP contribution in [0.1, 0.15) is 32.3 Å². The average Bonchev–Trinajstić information content (AvgIpc) is 3.20. The van der Waals surface area contributed by atoms with Crippen molar-refractivity contribution < 1.29 is 9.53 Å². The summed E-state index contributed by atoms with van der Waals surface area (Å²) in [6, 6.07) is 6.00. The summed E-state index contributed by atoms with van der Waals surface area (Å²) < 4.78 is 5.60. The molecule has 0 aliphatic heterocycles. The first-order valence-corrected chi connectivity index (χ1v) is 7.53. The Morgan fingerprint density at radius 3 is 2.75 bits per heavy atom. The summed E-state index contributed by atoms with van der Waals surface area (Å²) >= 11 is 6.07. The zero-order valence-electron chi connectivity index (χ0n) is 12.4. The normalized spacial score (nSPS) is 14.4. The molecule has 0 atom stereocenters. The molecule has 110 valence electrons. The molecule has 1 fully saturated rings. The summed E-state index contributed by atoms with van der Waals surface area (Å²) in [6.45, 7) is 7.09. The maximum Gasteiger partial charge on any atom is 0.260 e. The molecule has 0 bridgehead atoms. The Morgan fingerprint density at radius 2 is 2.15 bits per heavy atom. The van der Waals surface area contributed by atoms with E-state index in [0.29, 0.717) is 22.7 Å². The lowest BCUT2D eigenvalue weighted by Gasteiger charge is -2.24. The minimum atomic E-state index is 0.0544. The third-order valence-corrected chi connectivity index (χ3v) is 3.62. The second-order valence-electron chi connectivity index (χ2n) is 5.89. The van der Waals surface area contributed by atoms with Crippen molar-refractivity contribution in [3.8, 4) is 5.75 Å². The van der Waals surface area contributed by atoms with Gasteiger partial charge in [-0.05, 0) is 43.4 Å². The standard InChI is InChI=1S/C16H22ClNO2/c1-11(2)9-18(13-5-6-13)16(19)10-20-15-8-12(3)4-7-14(15)17/h4,7-8,11,13H,5-6,9-10H2,1-3H3. The van der Waals surface area contributed by atoms with E-state index in [1.165, 1.54) is 0 Å². The number of rotatable bonds is 6.